The minimum absolute atomic E-state index is 0.0378. The Morgan fingerprint density at radius 2 is 1.84 bits per heavy atom. The number of likely N-dealkylation sites (tertiary alicyclic amines) is 2. The quantitative estimate of drug-likeness (QED) is 0.764. The fourth-order valence-electron chi connectivity index (χ4n) is 3.67. The summed E-state index contributed by atoms with van der Waals surface area (Å²) in [6, 6.07) is -0.673. The highest BCUT2D eigenvalue weighted by atomic mass is 16.2. The SMILES string of the molecule is Cn1c(CN2CCCC2)nnc1C1CCN(C(=O)CNC(N)=O)CC1. The third kappa shape index (κ3) is 4.28. The van der Waals surface area contributed by atoms with Gasteiger partial charge in [-0.05, 0) is 38.8 Å². The van der Waals surface area contributed by atoms with E-state index in [2.05, 4.69) is 25.0 Å². The zero-order valence-electron chi connectivity index (χ0n) is 14.8. The van der Waals surface area contributed by atoms with Gasteiger partial charge < -0.3 is 20.5 Å². The molecule has 0 aliphatic carbocycles. The van der Waals surface area contributed by atoms with Gasteiger partial charge in [0.25, 0.3) is 0 Å². The lowest BCUT2D eigenvalue weighted by Gasteiger charge is -2.31. The number of urea groups is 1. The monoisotopic (exact) mass is 349 g/mol. The predicted octanol–water partition coefficient (Wildman–Crippen LogP) is -0.215. The second-order valence-corrected chi connectivity index (χ2v) is 6.89. The number of amides is 3. The van der Waals surface area contributed by atoms with Crippen LogP contribution in [0.4, 0.5) is 4.79 Å². The Kier molecular flexibility index (Phi) is 5.52. The number of hydrogen-bond acceptors (Lipinski definition) is 5. The third-order valence-electron chi connectivity index (χ3n) is 5.19. The molecule has 0 spiro atoms. The molecule has 0 unspecified atom stereocenters. The molecule has 138 valence electrons. The molecule has 9 nitrogen and oxygen atoms in total. The van der Waals surface area contributed by atoms with Crippen molar-refractivity contribution in [3.8, 4) is 0 Å². The molecule has 25 heavy (non-hydrogen) atoms. The molecular weight excluding hydrogens is 322 g/mol. The summed E-state index contributed by atoms with van der Waals surface area (Å²) >= 11 is 0. The van der Waals surface area contributed by atoms with Crippen LogP contribution in [0.15, 0.2) is 0 Å². The van der Waals surface area contributed by atoms with Gasteiger partial charge in [0, 0.05) is 26.1 Å². The molecular formula is C16H27N7O2. The number of nitrogens with one attached hydrogen (secondary N) is 1. The van der Waals surface area contributed by atoms with Gasteiger partial charge in [0.05, 0.1) is 13.1 Å². The van der Waals surface area contributed by atoms with Crippen LogP contribution in [0.1, 0.15) is 43.3 Å². The largest absolute Gasteiger partial charge is 0.352 e. The molecule has 2 fully saturated rings. The molecule has 0 saturated carbocycles. The van der Waals surface area contributed by atoms with Crippen LogP contribution in [-0.2, 0) is 18.4 Å². The van der Waals surface area contributed by atoms with Crippen molar-refractivity contribution in [3.05, 3.63) is 11.6 Å². The number of nitrogens with two attached hydrogens (primary N) is 1. The van der Waals surface area contributed by atoms with Gasteiger partial charge in [-0.3, -0.25) is 9.69 Å². The summed E-state index contributed by atoms with van der Waals surface area (Å²) in [5.41, 5.74) is 5.00. The molecule has 9 heteroatoms. The van der Waals surface area contributed by atoms with Crippen LogP contribution < -0.4 is 11.1 Å². The second-order valence-electron chi connectivity index (χ2n) is 6.89. The molecule has 3 heterocycles. The number of primary amides is 1. The van der Waals surface area contributed by atoms with Crippen LogP contribution in [0.5, 0.6) is 0 Å². The summed E-state index contributed by atoms with van der Waals surface area (Å²) in [5.74, 6) is 2.25. The molecule has 3 rings (SSSR count). The normalized spacial score (nSPS) is 19.3. The number of hydrogen-bond donors (Lipinski definition) is 2. The van der Waals surface area contributed by atoms with Crippen LogP contribution in [0.3, 0.4) is 0 Å². The van der Waals surface area contributed by atoms with Crippen molar-refractivity contribution in [2.45, 2.75) is 38.1 Å². The minimum atomic E-state index is -0.673. The van der Waals surface area contributed by atoms with E-state index in [0.29, 0.717) is 19.0 Å². The number of carbonyl (C=O) groups excluding carboxylic acids is 2. The molecule has 3 amide bonds. The molecule has 1 aromatic heterocycles. The zero-order chi connectivity index (χ0) is 17.8. The maximum Gasteiger partial charge on any atom is 0.312 e. The van der Waals surface area contributed by atoms with Crippen LogP contribution in [-0.4, -0.2) is 69.2 Å². The van der Waals surface area contributed by atoms with Crippen LogP contribution >= 0.6 is 0 Å². The van der Waals surface area contributed by atoms with Gasteiger partial charge in [0.15, 0.2) is 0 Å². The highest BCUT2D eigenvalue weighted by Crippen LogP contribution is 2.27. The smallest absolute Gasteiger partial charge is 0.312 e. The van der Waals surface area contributed by atoms with E-state index < -0.39 is 6.03 Å². The lowest BCUT2D eigenvalue weighted by molar-refractivity contribution is -0.131. The molecule has 0 bridgehead atoms. The van der Waals surface area contributed by atoms with Gasteiger partial charge >= 0.3 is 6.03 Å². The molecule has 2 aliphatic rings. The Labute approximate surface area is 147 Å². The molecule has 3 N–H and O–H groups in total. The summed E-state index contributed by atoms with van der Waals surface area (Å²) in [4.78, 5) is 26.9. The summed E-state index contributed by atoms with van der Waals surface area (Å²) < 4.78 is 2.12. The Balaban J connectivity index is 1.53. The van der Waals surface area contributed by atoms with E-state index in [1.807, 2.05) is 7.05 Å². The zero-order valence-corrected chi connectivity index (χ0v) is 14.8. The summed E-state index contributed by atoms with van der Waals surface area (Å²) in [5, 5.41) is 11.2. The van der Waals surface area contributed by atoms with E-state index in [1.54, 1.807) is 4.90 Å². The van der Waals surface area contributed by atoms with Crippen molar-refractivity contribution in [2.24, 2.45) is 12.8 Å². The number of carbonyl (C=O) groups is 2. The number of nitrogens with zero attached hydrogens (tertiary/aromatic N) is 5. The van der Waals surface area contributed by atoms with E-state index in [4.69, 9.17) is 5.73 Å². The van der Waals surface area contributed by atoms with Crippen molar-refractivity contribution in [1.82, 2.24) is 29.9 Å². The van der Waals surface area contributed by atoms with E-state index in [1.165, 1.54) is 12.8 Å². The van der Waals surface area contributed by atoms with Crippen molar-refractivity contribution >= 4 is 11.9 Å². The topological polar surface area (TPSA) is 109 Å². The lowest BCUT2D eigenvalue weighted by atomic mass is 9.96. The fraction of sp³-hybridized carbons (Fsp3) is 0.750. The third-order valence-corrected chi connectivity index (χ3v) is 5.19. The fourth-order valence-corrected chi connectivity index (χ4v) is 3.67. The Bertz CT molecular complexity index is 616. The first kappa shape index (κ1) is 17.7. The van der Waals surface area contributed by atoms with Gasteiger partial charge in [0.2, 0.25) is 5.91 Å². The van der Waals surface area contributed by atoms with Gasteiger partial charge in [-0.15, -0.1) is 10.2 Å². The van der Waals surface area contributed by atoms with E-state index in [-0.39, 0.29) is 12.5 Å². The van der Waals surface area contributed by atoms with E-state index >= 15 is 0 Å². The minimum Gasteiger partial charge on any atom is -0.352 e. The maximum atomic E-state index is 12.0. The molecule has 2 saturated heterocycles. The van der Waals surface area contributed by atoms with Crippen LogP contribution in [0.2, 0.25) is 0 Å². The average molecular weight is 349 g/mol. The first-order valence-electron chi connectivity index (χ1n) is 8.96. The standard InChI is InChI=1S/C16H27N7O2/c1-21-13(11-22-6-2-3-7-22)19-20-15(21)12-4-8-23(9-5-12)14(24)10-18-16(17)25/h12H,2-11H2,1H3,(H3,17,18,25). The van der Waals surface area contributed by atoms with Crippen molar-refractivity contribution < 1.29 is 9.59 Å². The van der Waals surface area contributed by atoms with Gasteiger partial charge in [-0.2, -0.15) is 0 Å². The Hall–Kier alpha value is -2.16. The summed E-state index contributed by atoms with van der Waals surface area (Å²) in [6.07, 6.45) is 4.25. The first-order valence-corrected chi connectivity index (χ1v) is 8.96. The van der Waals surface area contributed by atoms with Gasteiger partial charge in [0.1, 0.15) is 11.6 Å². The molecule has 0 atom stereocenters. The molecule has 0 aromatic carbocycles. The summed E-state index contributed by atoms with van der Waals surface area (Å²) in [7, 11) is 2.04. The van der Waals surface area contributed by atoms with Gasteiger partial charge in [-0.25, -0.2) is 4.79 Å². The van der Waals surface area contributed by atoms with Crippen molar-refractivity contribution in [1.29, 1.82) is 0 Å². The average Bonchev–Trinajstić information content (AvgIpc) is 3.24. The number of rotatable bonds is 5. The number of aromatic nitrogens is 3. The van der Waals surface area contributed by atoms with Gasteiger partial charge in [-0.1, -0.05) is 0 Å². The maximum absolute atomic E-state index is 12.0. The van der Waals surface area contributed by atoms with Crippen LogP contribution in [0.25, 0.3) is 0 Å². The molecule has 2 aliphatic heterocycles. The molecule has 0 radical (unpaired) electrons. The Morgan fingerprint density at radius 1 is 1.16 bits per heavy atom. The van der Waals surface area contributed by atoms with E-state index in [0.717, 1.165) is 44.1 Å². The van der Waals surface area contributed by atoms with Crippen LogP contribution in [0, 0.1) is 0 Å². The highest BCUT2D eigenvalue weighted by Gasteiger charge is 2.27. The number of piperidine rings is 1. The van der Waals surface area contributed by atoms with Crippen molar-refractivity contribution in [2.75, 3.05) is 32.7 Å². The van der Waals surface area contributed by atoms with Crippen molar-refractivity contribution in [3.63, 3.8) is 0 Å². The Morgan fingerprint density at radius 3 is 2.48 bits per heavy atom. The molecule has 1 aromatic rings. The second kappa shape index (κ2) is 7.81. The first-order chi connectivity index (χ1) is 12.0. The predicted molar refractivity (Wildman–Crippen MR) is 91.7 cm³/mol. The van der Waals surface area contributed by atoms with E-state index in [9.17, 15) is 9.59 Å². The highest BCUT2D eigenvalue weighted by molar-refractivity contribution is 5.83. The lowest BCUT2D eigenvalue weighted by Crippen LogP contribution is -2.45. The summed E-state index contributed by atoms with van der Waals surface area (Å²) in [6.45, 7) is 4.43.